The Balaban J connectivity index is 1.62. The molecule has 2 fully saturated rings. The number of nitrogens with two attached hydrogens (primary N) is 1. The fourth-order valence-electron chi connectivity index (χ4n) is 5.02. The average Bonchev–Trinajstić information content (AvgIpc) is 3.58. The molecule has 0 spiro atoms. The van der Waals surface area contributed by atoms with Gasteiger partial charge in [-0.05, 0) is 68.4 Å². The summed E-state index contributed by atoms with van der Waals surface area (Å²) in [5.74, 6) is -2.35. The highest BCUT2D eigenvalue weighted by Gasteiger charge is 2.43. The normalized spacial score (nSPS) is 20.8. The number of alkyl halides is 3. The number of anilines is 1. The van der Waals surface area contributed by atoms with Crippen molar-refractivity contribution in [2.45, 2.75) is 68.2 Å². The highest BCUT2D eigenvalue weighted by Crippen LogP contribution is 2.43. The van der Waals surface area contributed by atoms with Crippen LogP contribution < -0.4 is 11.1 Å². The first kappa shape index (κ1) is 27.9. The third-order valence-electron chi connectivity index (χ3n) is 7.25. The summed E-state index contributed by atoms with van der Waals surface area (Å²) in [4.78, 5) is 28.4. The van der Waals surface area contributed by atoms with Gasteiger partial charge in [0.1, 0.15) is 11.9 Å². The monoisotopic (exact) mass is 555 g/mol. The molecule has 4 rings (SSSR count). The first-order valence-corrected chi connectivity index (χ1v) is 14.2. The summed E-state index contributed by atoms with van der Waals surface area (Å²) in [5, 5.41) is 2.79. The molecule has 206 valence electrons. The van der Waals surface area contributed by atoms with E-state index in [1.807, 2.05) is 6.92 Å². The van der Waals surface area contributed by atoms with Crippen LogP contribution in [0.4, 0.5) is 23.2 Å². The van der Waals surface area contributed by atoms with Crippen molar-refractivity contribution in [1.82, 2.24) is 10.2 Å². The molecule has 0 bridgehead atoms. The Kier molecular flexibility index (Phi) is 7.48. The molecule has 2 aromatic rings. The lowest BCUT2D eigenvalue weighted by atomic mass is 9.99. The van der Waals surface area contributed by atoms with Gasteiger partial charge in [0.2, 0.25) is 5.91 Å². The van der Waals surface area contributed by atoms with Crippen molar-refractivity contribution < 1.29 is 35.6 Å². The number of hydrogen-bond acceptors (Lipinski definition) is 5. The fourth-order valence-corrected chi connectivity index (χ4v) is 5.67. The number of nitrogens with one attached hydrogen (secondary N) is 1. The number of hydrogen-bond donors (Lipinski definition) is 2. The predicted octanol–water partition coefficient (Wildman–Crippen LogP) is 4.48. The van der Waals surface area contributed by atoms with Crippen LogP contribution in [0.15, 0.2) is 41.3 Å². The lowest BCUT2D eigenvalue weighted by Crippen LogP contribution is -2.50. The van der Waals surface area contributed by atoms with Crippen molar-refractivity contribution in [3.63, 3.8) is 0 Å². The van der Waals surface area contributed by atoms with Gasteiger partial charge in [-0.1, -0.05) is 13.0 Å². The van der Waals surface area contributed by atoms with Crippen molar-refractivity contribution in [1.29, 1.82) is 0 Å². The number of amides is 2. The van der Waals surface area contributed by atoms with Crippen LogP contribution in [0.3, 0.4) is 0 Å². The molecular weight excluding hydrogens is 526 g/mol. The van der Waals surface area contributed by atoms with Gasteiger partial charge in [-0.3, -0.25) is 9.59 Å². The Morgan fingerprint density at radius 1 is 1.11 bits per heavy atom. The topological polar surface area (TPSA) is 110 Å². The molecular formula is C26H29F4N3O4S. The second kappa shape index (κ2) is 10.2. The number of halogens is 4. The maximum atomic E-state index is 14.8. The maximum absolute atomic E-state index is 14.8. The minimum Gasteiger partial charge on any atom is -0.398 e. The van der Waals surface area contributed by atoms with Crippen LogP contribution in [-0.4, -0.2) is 43.5 Å². The van der Waals surface area contributed by atoms with Crippen LogP contribution in [0.2, 0.25) is 0 Å². The highest BCUT2D eigenvalue weighted by atomic mass is 32.2. The van der Waals surface area contributed by atoms with E-state index in [-0.39, 0.29) is 33.7 Å². The second-order valence-corrected chi connectivity index (χ2v) is 12.0. The SMILES string of the molecule is CC[C@@H]1CC[C@H](C(=O)NC(c2ccc(C(F)(F)F)cc2F)C2CC2)N1C(=O)c1cc(S(C)(=O)=O)ccc1N. The molecule has 7 nitrogen and oxygen atoms in total. The zero-order valence-corrected chi connectivity index (χ0v) is 21.7. The Morgan fingerprint density at radius 3 is 2.34 bits per heavy atom. The quantitative estimate of drug-likeness (QED) is 0.387. The molecule has 2 amide bonds. The van der Waals surface area contributed by atoms with Gasteiger partial charge in [0, 0.05) is 23.5 Å². The molecule has 1 saturated carbocycles. The fraction of sp³-hybridized carbons (Fsp3) is 0.462. The van der Waals surface area contributed by atoms with Gasteiger partial charge in [0.15, 0.2) is 9.84 Å². The maximum Gasteiger partial charge on any atom is 0.416 e. The van der Waals surface area contributed by atoms with Crippen LogP contribution in [-0.2, 0) is 20.8 Å². The van der Waals surface area contributed by atoms with Gasteiger partial charge in [-0.15, -0.1) is 0 Å². The number of benzene rings is 2. The number of likely N-dealkylation sites (tertiary alicyclic amines) is 1. The van der Waals surface area contributed by atoms with E-state index in [4.69, 9.17) is 5.73 Å². The van der Waals surface area contributed by atoms with E-state index in [1.54, 1.807) is 0 Å². The number of nitrogen functional groups attached to an aromatic ring is 1. The zero-order chi connectivity index (χ0) is 28.0. The summed E-state index contributed by atoms with van der Waals surface area (Å²) in [6, 6.07) is 3.97. The molecule has 2 aromatic carbocycles. The summed E-state index contributed by atoms with van der Waals surface area (Å²) < 4.78 is 77.9. The highest BCUT2D eigenvalue weighted by molar-refractivity contribution is 7.90. The predicted molar refractivity (Wildman–Crippen MR) is 132 cm³/mol. The summed E-state index contributed by atoms with van der Waals surface area (Å²) in [6.45, 7) is 1.85. The molecule has 1 heterocycles. The molecule has 3 N–H and O–H groups in total. The molecule has 12 heteroatoms. The van der Waals surface area contributed by atoms with E-state index in [0.717, 1.165) is 18.4 Å². The first-order valence-electron chi connectivity index (χ1n) is 12.3. The molecule has 1 unspecified atom stereocenters. The zero-order valence-electron chi connectivity index (χ0n) is 20.9. The molecule has 0 aromatic heterocycles. The molecule has 1 aliphatic heterocycles. The first-order chi connectivity index (χ1) is 17.7. The van der Waals surface area contributed by atoms with Crippen molar-refractivity contribution in [3.05, 3.63) is 58.9 Å². The van der Waals surface area contributed by atoms with E-state index in [1.165, 1.54) is 23.1 Å². The van der Waals surface area contributed by atoms with E-state index in [2.05, 4.69) is 5.32 Å². The van der Waals surface area contributed by atoms with Crippen molar-refractivity contribution in [3.8, 4) is 0 Å². The van der Waals surface area contributed by atoms with Crippen LogP contribution in [0.5, 0.6) is 0 Å². The van der Waals surface area contributed by atoms with E-state index < -0.39 is 51.3 Å². The van der Waals surface area contributed by atoms with Gasteiger partial charge in [-0.2, -0.15) is 13.2 Å². The lowest BCUT2D eigenvalue weighted by Gasteiger charge is -2.31. The largest absolute Gasteiger partial charge is 0.416 e. The smallest absolute Gasteiger partial charge is 0.398 e. The molecule has 1 saturated heterocycles. The Hall–Kier alpha value is -3.15. The molecule has 1 aliphatic carbocycles. The standard InChI is InChI=1S/C26H29F4N3O4S/c1-3-16-7-11-22(33(16)25(35)19-13-17(38(2,36)37)8-10-21(19)31)24(34)32-23(14-4-5-14)18-9-6-15(12-20(18)27)26(28,29)30/h6,8-10,12-14,16,22-23H,3-5,7,11,31H2,1-2H3,(H,32,34)/t16-,22-,23?/m1/s1. The number of rotatable bonds is 7. The summed E-state index contributed by atoms with van der Waals surface area (Å²) >= 11 is 0. The van der Waals surface area contributed by atoms with Crippen molar-refractivity contribution >= 4 is 27.3 Å². The summed E-state index contributed by atoms with van der Waals surface area (Å²) in [7, 11) is -3.63. The van der Waals surface area contributed by atoms with Gasteiger partial charge in [0.25, 0.3) is 5.91 Å². The van der Waals surface area contributed by atoms with Crippen molar-refractivity contribution in [2.75, 3.05) is 12.0 Å². The van der Waals surface area contributed by atoms with Crippen LogP contribution in [0.25, 0.3) is 0 Å². The van der Waals surface area contributed by atoms with Crippen LogP contribution in [0, 0.1) is 11.7 Å². The van der Waals surface area contributed by atoms with E-state index in [0.29, 0.717) is 38.2 Å². The minimum absolute atomic E-state index is 0.0399. The molecule has 2 aliphatic rings. The average molecular weight is 556 g/mol. The minimum atomic E-state index is -4.70. The second-order valence-electron chi connectivity index (χ2n) is 9.95. The molecule has 3 atom stereocenters. The Morgan fingerprint density at radius 2 is 1.79 bits per heavy atom. The van der Waals surface area contributed by atoms with E-state index in [9.17, 15) is 35.6 Å². The molecule has 0 radical (unpaired) electrons. The van der Waals surface area contributed by atoms with Gasteiger partial charge in [0.05, 0.1) is 22.1 Å². The Bertz CT molecular complexity index is 1360. The van der Waals surface area contributed by atoms with Gasteiger partial charge < -0.3 is 16.0 Å². The van der Waals surface area contributed by atoms with Crippen molar-refractivity contribution in [2.24, 2.45) is 5.92 Å². The van der Waals surface area contributed by atoms with Gasteiger partial charge in [-0.25, -0.2) is 12.8 Å². The van der Waals surface area contributed by atoms with Crippen LogP contribution >= 0.6 is 0 Å². The summed E-state index contributed by atoms with van der Waals surface area (Å²) in [6.07, 6.45) is -1.000. The molecule has 38 heavy (non-hydrogen) atoms. The van der Waals surface area contributed by atoms with Gasteiger partial charge >= 0.3 is 6.18 Å². The number of carbonyl (C=O) groups excluding carboxylic acids is 2. The third-order valence-corrected chi connectivity index (χ3v) is 8.36. The number of carbonyl (C=O) groups is 2. The van der Waals surface area contributed by atoms with E-state index >= 15 is 0 Å². The lowest BCUT2D eigenvalue weighted by molar-refractivity contribution is -0.137. The Labute approximate surface area is 218 Å². The van der Waals surface area contributed by atoms with Crippen LogP contribution in [0.1, 0.15) is 66.6 Å². The third kappa shape index (κ3) is 5.64. The summed E-state index contributed by atoms with van der Waals surface area (Å²) in [5.41, 5.74) is 4.87. The number of nitrogens with zero attached hydrogens (tertiary/aromatic N) is 1. The number of sulfone groups is 1.